The summed E-state index contributed by atoms with van der Waals surface area (Å²) in [7, 11) is 1.55. The van der Waals surface area contributed by atoms with E-state index in [2.05, 4.69) is 10.3 Å². The first-order valence-corrected chi connectivity index (χ1v) is 5.10. The molecular formula is C11H16N2O3. The van der Waals surface area contributed by atoms with Crippen molar-refractivity contribution >= 4 is 11.7 Å². The van der Waals surface area contributed by atoms with E-state index in [1.807, 2.05) is 0 Å². The fraction of sp³-hybridized carbons (Fsp3) is 0.455. The molecule has 0 aromatic carbocycles. The van der Waals surface area contributed by atoms with Gasteiger partial charge in [-0.2, -0.15) is 0 Å². The highest BCUT2D eigenvalue weighted by Crippen LogP contribution is 2.12. The number of hydrogen-bond acceptors (Lipinski definition) is 5. The molecule has 0 aliphatic rings. The Morgan fingerprint density at radius 3 is 2.81 bits per heavy atom. The summed E-state index contributed by atoms with van der Waals surface area (Å²) < 4.78 is 9.80. The minimum atomic E-state index is -0.393. The normalized spacial score (nSPS) is 11.7. The van der Waals surface area contributed by atoms with Crippen LogP contribution in [-0.4, -0.2) is 30.7 Å². The van der Waals surface area contributed by atoms with E-state index in [-0.39, 0.29) is 5.97 Å². The third kappa shape index (κ3) is 3.42. The van der Waals surface area contributed by atoms with Crippen molar-refractivity contribution in [2.45, 2.75) is 19.9 Å². The predicted octanol–water partition coefficient (Wildman–Crippen LogP) is 1.45. The van der Waals surface area contributed by atoms with Crippen LogP contribution < -0.4 is 10.1 Å². The summed E-state index contributed by atoms with van der Waals surface area (Å²) in [6, 6.07) is 3.12. The number of nitrogens with zero attached hydrogens (tertiary/aromatic N) is 1. The highest BCUT2D eigenvalue weighted by Gasteiger charge is 2.13. The molecule has 0 bridgehead atoms. The van der Waals surface area contributed by atoms with Gasteiger partial charge in [-0.1, -0.05) is 0 Å². The number of esters is 1. The summed E-state index contributed by atoms with van der Waals surface area (Å²) in [6.07, 6.45) is 1.61. The maximum absolute atomic E-state index is 11.3. The molecule has 1 atom stereocenters. The number of nitrogens with one attached hydrogen (secondary N) is 1. The van der Waals surface area contributed by atoms with Crippen LogP contribution in [0.5, 0.6) is 5.88 Å². The molecule has 0 spiro atoms. The molecule has 5 heteroatoms. The maximum atomic E-state index is 11.3. The lowest BCUT2D eigenvalue weighted by molar-refractivity contribution is -0.143. The van der Waals surface area contributed by atoms with E-state index in [0.29, 0.717) is 12.5 Å². The second-order valence-corrected chi connectivity index (χ2v) is 3.21. The first kappa shape index (κ1) is 12.3. The Balaban J connectivity index is 2.55. The topological polar surface area (TPSA) is 60.5 Å². The van der Waals surface area contributed by atoms with Crippen molar-refractivity contribution in [3.05, 3.63) is 18.3 Å². The van der Waals surface area contributed by atoms with Crippen molar-refractivity contribution in [3.8, 4) is 5.88 Å². The van der Waals surface area contributed by atoms with Crippen LogP contribution in [0, 0.1) is 0 Å². The number of pyridine rings is 1. The predicted molar refractivity (Wildman–Crippen MR) is 60.5 cm³/mol. The Morgan fingerprint density at radius 1 is 1.56 bits per heavy atom. The number of hydrogen-bond donors (Lipinski definition) is 1. The minimum Gasteiger partial charge on any atom is -0.481 e. The quantitative estimate of drug-likeness (QED) is 0.767. The maximum Gasteiger partial charge on any atom is 0.328 e. The average molecular weight is 224 g/mol. The second kappa shape index (κ2) is 5.95. The molecule has 1 aromatic heterocycles. The lowest BCUT2D eigenvalue weighted by Crippen LogP contribution is -2.28. The first-order valence-electron chi connectivity index (χ1n) is 5.10. The molecule has 0 fully saturated rings. The molecule has 1 rings (SSSR count). The van der Waals surface area contributed by atoms with Crippen LogP contribution in [0.3, 0.4) is 0 Å². The summed E-state index contributed by atoms with van der Waals surface area (Å²) in [5.41, 5.74) is 0.751. The molecule has 0 aliphatic carbocycles. The van der Waals surface area contributed by atoms with E-state index in [0.717, 1.165) is 5.69 Å². The van der Waals surface area contributed by atoms with Crippen molar-refractivity contribution < 1.29 is 14.3 Å². The molecule has 1 aromatic rings. The number of aromatic nitrogens is 1. The Bertz CT molecular complexity index is 338. The van der Waals surface area contributed by atoms with E-state index < -0.39 is 6.04 Å². The Kier molecular flexibility index (Phi) is 4.57. The van der Waals surface area contributed by atoms with E-state index >= 15 is 0 Å². The smallest absolute Gasteiger partial charge is 0.328 e. The van der Waals surface area contributed by atoms with Gasteiger partial charge in [-0.15, -0.1) is 0 Å². The minimum absolute atomic E-state index is 0.279. The standard InChI is InChI=1S/C11H16N2O3/c1-4-16-11(14)8(2)13-9-5-6-10(15-3)12-7-9/h5-8,13H,4H2,1-3H3. The number of carbonyl (C=O) groups excluding carboxylic acids is 1. The van der Waals surface area contributed by atoms with Crippen LogP contribution in [0.15, 0.2) is 18.3 Å². The summed E-state index contributed by atoms with van der Waals surface area (Å²) in [4.78, 5) is 15.4. The number of anilines is 1. The van der Waals surface area contributed by atoms with Gasteiger partial charge in [0.15, 0.2) is 0 Å². The summed E-state index contributed by atoms with van der Waals surface area (Å²) in [5, 5.41) is 2.99. The highest BCUT2D eigenvalue weighted by molar-refractivity contribution is 5.78. The van der Waals surface area contributed by atoms with Gasteiger partial charge < -0.3 is 14.8 Å². The second-order valence-electron chi connectivity index (χ2n) is 3.21. The van der Waals surface area contributed by atoms with Crippen LogP contribution in [0.4, 0.5) is 5.69 Å². The summed E-state index contributed by atoms with van der Waals surface area (Å²) in [6.45, 7) is 3.90. The molecule has 0 radical (unpaired) electrons. The third-order valence-electron chi connectivity index (χ3n) is 1.97. The van der Waals surface area contributed by atoms with E-state index in [1.54, 1.807) is 39.3 Å². The van der Waals surface area contributed by atoms with Crippen LogP contribution in [0.2, 0.25) is 0 Å². The zero-order valence-corrected chi connectivity index (χ0v) is 9.69. The Morgan fingerprint density at radius 2 is 2.31 bits per heavy atom. The molecular weight excluding hydrogens is 208 g/mol. The molecule has 1 N–H and O–H groups in total. The van der Waals surface area contributed by atoms with E-state index in [1.165, 1.54) is 0 Å². The SMILES string of the molecule is CCOC(=O)C(C)Nc1ccc(OC)nc1. The van der Waals surface area contributed by atoms with Gasteiger partial charge in [-0.05, 0) is 19.9 Å². The van der Waals surface area contributed by atoms with Crippen molar-refractivity contribution in [1.82, 2.24) is 4.98 Å². The fourth-order valence-corrected chi connectivity index (χ4v) is 1.16. The fourth-order valence-electron chi connectivity index (χ4n) is 1.16. The molecule has 0 amide bonds. The number of methoxy groups -OCH3 is 1. The zero-order valence-electron chi connectivity index (χ0n) is 9.69. The molecule has 0 aliphatic heterocycles. The third-order valence-corrected chi connectivity index (χ3v) is 1.97. The van der Waals surface area contributed by atoms with Gasteiger partial charge >= 0.3 is 5.97 Å². The van der Waals surface area contributed by atoms with Gasteiger partial charge in [-0.3, -0.25) is 0 Å². The van der Waals surface area contributed by atoms with E-state index in [9.17, 15) is 4.79 Å². The first-order chi connectivity index (χ1) is 7.67. The van der Waals surface area contributed by atoms with Crippen LogP contribution in [-0.2, 0) is 9.53 Å². The van der Waals surface area contributed by atoms with Crippen molar-refractivity contribution in [3.63, 3.8) is 0 Å². The molecule has 88 valence electrons. The molecule has 1 heterocycles. The van der Waals surface area contributed by atoms with Gasteiger partial charge in [0.2, 0.25) is 5.88 Å². The lowest BCUT2D eigenvalue weighted by Gasteiger charge is -2.13. The molecule has 16 heavy (non-hydrogen) atoms. The lowest BCUT2D eigenvalue weighted by atomic mass is 10.3. The van der Waals surface area contributed by atoms with Gasteiger partial charge in [0.1, 0.15) is 6.04 Å². The number of carbonyl (C=O) groups is 1. The summed E-state index contributed by atoms with van der Waals surface area (Å²) >= 11 is 0. The molecule has 5 nitrogen and oxygen atoms in total. The molecule has 1 unspecified atom stereocenters. The van der Waals surface area contributed by atoms with E-state index in [4.69, 9.17) is 9.47 Å². The van der Waals surface area contributed by atoms with Gasteiger partial charge in [-0.25, -0.2) is 9.78 Å². The van der Waals surface area contributed by atoms with Gasteiger partial charge in [0.05, 0.1) is 25.6 Å². The van der Waals surface area contributed by atoms with Crippen molar-refractivity contribution in [1.29, 1.82) is 0 Å². The highest BCUT2D eigenvalue weighted by atomic mass is 16.5. The largest absolute Gasteiger partial charge is 0.481 e. The number of ether oxygens (including phenoxy) is 2. The van der Waals surface area contributed by atoms with Crippen LogP contribution in [0.25, 0.3) is 0 Å². The molecule has 0 saturated heterocycles. The van der Waals surface area contributed by atoms with Gasteiger partial charge in [0, 0.05) is 6.07 Å². The molecule has 0 saturated carbocycles. The number of rotatable bonds is 5. The van der Waals surface area contributed by atoms with Crippen molar-refractivity contribution in [2.75, 3.05) is 19.0 Å². The Labute approximate surface area is 94.8 Å². The van der Waals surface area contributed by atoms with Gasteiger partial charge in [0.25, 0.3) is 0 Å². The van der Waals surface area contributed by atoms with Crippen LogP contribution >= 0.6 is 0 Å². The monoisotopic (exact) mass is 224 g/mol. The summed E-state index contributed by atoms with van der Waals surface area (Å²) in [5.74, 6) is 0.257. The Hall–Kier alpha value is -1.78. The average Bonchev–Trinajstić information content (AvgIpc) is 2.30. The zero-order chi connectivity index (χ0) is 12.0. The van der Waals surface area contributed by atoms with Crippen molar-refractivity contribution in [2.24, 2.45) is 0 Å². The van der Waals surface area contributed by atoms with Crippen LogP contribution in [0.1, 0.15) is 13.8 Å².